The van der Waals surface area contributed by atoms with Gasteiger partial charge in [0.15, 0.2) is 9.84 Å². The largest absolute Gasteiger partial charge is 0.496 e. The van der Waals surface area contributed by atoms with Gasteiger partial charge in [-0.15, -0.1) is 0 Å². The predicted octanol–water partition coefficient (Wildman–Crippen LogP) is 0.199. The second-order valence-electron chi connectivity index (χ2n) is 6.94. The third-order valence-electron chi connectivity index (χ3n) is 4.89. The fourth-order valence-electron chi connectivity index (χ4n) is 3.41. The van der Waals surface area contributed by atoms with Crippen LogP contribution in [0.25, 0.3) is 0 Å². The summed E-state index contributed by atoms with van der Waals surface area (Å²) < 4.78 is 28.1. The maximum atomic E-state index is 12.6. The molecular weight excluding hydrogens is 386 g/mol. The van der Waals surface area contributed by atoms with Crippen LogP contribution in [0.3, 0.4) is 0 Å². The number of urea groups is 1. The average Bonchev–Trinajstić information content (AvgIpc) is 3.13. The lowest BCUT2D eigenvalue weighted by Crippen LogP contribution is -2.37. The highest BCUT2D eigenvalue weighted by Crippen LogP contribution is 2.22. The first kappa shape index (κ1) is 20.1. The van der Waals surface area contributed by atoms with Gasteiger partial charge in [-0.05, 0) is 18.9 Å². The van der Waals surface area contributed by atoms with E-state index in [9.17, 15) is 22.8 Å². The first-order valence-corrected chi connectivity index (χ1v) is 10.8. The minimum atomic E-state index is -3.07. The van der Waals surface area contributed by atoms with Crippen molar-refractivity contribution in [3.8, 4) is 5.75 Å². The molecule has 152 valence electrons. The van der Waals surface area contributed by atoms with Crippen molar-refractivity contribution in [1.29, 1.82) is 0 Å². The maximum absolute atomic E-state index is 12.6. The monoisotopic (exact) mass is 409 g/mol. The van der Waals surface area contributed by atoms with Crippen LogP contribution in [-0.2, 0) is 26.0 Å². The molecule has 0 bridgehead atoms. The number of rotatable bonds is 7. The maximum Gasteiger partial charge on any atom is 0.325 e. The van der Waals surface area contributed by atoms with E-state index < -0.39 is 27.8 Å². The molecule has 1 aromatic rings. The van der Waals surface area contributed by atoms with Crippen LogP contribution in [0.15, 0.2) is 24.3 Å². The van der Waals surface area contributed by atoms with Crippen LogP contribution >= 0.6 is 0 Å². The minimum absolute atomic E-state index is 0.0235. The Bertz CT molecular complexity index is 885. The highest BCUT2D eigenvalue weighted by atomic mass is 32.2. The van der Waals surface area contributed by atoms with Gasteiger partial charge >= 0.3 is 6.03 Å². The van der Waals surface area contributed by atoms with Gasteiger partial charge in [0, 0.05) is 18.0 Å². The van der Waals surface area contributed by atoms with Crippen molar-refractivity contribution in [2.75, 3.05) is 18.6 Å². The zero-order valence-electron chi connectivity index (χ0n) is 15.5. The number of imide groups is 1. The molecule has 2 atom stereocenters. The molecule has 0 saturated carbocycles. The fraction of sp³-hybridized carbons (Fsp3) is 0.500. The van der Waals surface area contributed by atoms with Crippen LogP contribution in [0.5, 0.6) is 5.75 Å². The number of nitrogens with zero attached hydrogens (tertiary/aromatic N) is 1. The summed E-state index contributed by atoms with van der Waals surface area (Å²) in [5.74, 6) is -0.116. The Balaban J connectivity index is 1.53. The molecule has 2 N–H and O–H groups in total. The third-order valence-corrected chi connectivity index (χ3v) is 6.65. The summed E-state index contributed by atoms with van der Waals surface area (Å²) in [5.41, 5.74) is 0.703. The van der Waals surface area contributed by atoms with E-state index in [4.69, 9.17) is 4.74 Å². The van der Waals surface area contributed by atoms with Gasteiger partial charge in [-0.1, -0.05) is 18.2 Å². The average molecular weight is 409 g/mol. The summed E-state index contributed by atoms with van der Waals surface area (Å²) in [4.78, 5) is 37.9. The summed E-state index contributed by atoms with van der Waals surface area (Å²) in [6.45, 7) is 0.0807. The molecule has 2 aliphatic rings. The van der Waals surface area contributed by atoms with Crippen LogP contribution in [0, 0.1) is 0 Å². The summed E-state index contributed by atoms with van der Waals surface area (Å²) >= 11 is 0. The van der Waals surface area contributed by atoms with Gasteiger partial charge in [-0.2, -0.15) is 0 Å². The summed E-state index contributed by atoms with van der Waals surface area (Å²) in [7, 11) is -1.56. The molecule has 2 fully saturated rings. The van der Waals surface area contributed by atoms with Crippen molar-refractivity contribution in [3.05, 3.63) is 29.8 Å². The number of methoxy groups -OCH3 is 1. The van der Waals surface area contributed by atoms with Crippen molar-refractivity contribution >= 4 is 27.7 Å². The molecule has 2 heterocycles. The summed E-state index contributed by atoms with van der Waals surface area (Å²) in [6, 6.07) is 5.44. The Morgan fingerprint density at radius 3 is 2.75 bits per heavy atom. The van der Waals surface area contributed by atoms with E-state index in [0.29, 0.717) is 17.7 Å². The molecule has 9 nitrogen and oxygen atoms in total. The Morgan fingerprint density at radius 2 is 2.07 bits per heavy atom. The van der Waals surface area contributed by atoms with E-state index in [1.807, 2.05) is 0 Å². The first-order valence-electron chi connectivity index (χ1n) is 9.02. The van der Waals surface area contributed by atoms with Crippen molar-refractivity contribution in [1.82, 2.24) is 15.5 Å². The van der Waals surface area contributed by atoms with E-state index in [0.717, 1.165) is 4.90 Å². The molecule has 4 amide bonds. The molecule has 0 aliphatic carbocycles. The molecule has 0 radical (unpaired) electrons. The number of benzene rings is 1. The number of hydrogen-bond donors (Lipinski definition) is 2. The second kappa shape index (κ2) is 8.17. The summed E-state index contributed by atoms with van der Waals surface area (Å²) in [6.07, 6.45) is 0.577. The van der Waals surface area contributed by atoms with Gasteiger partial charge in [0.05, 0.1) is 25.2 Å². The van der Waals surface area contributed by atoms with Gasteiger partial charge in [0.1, 0.15) is 11.8 Å². The topological polar surface area (TPSA) is 122 Å². The molecule has 28 heavy (non-hydrogen) atoms. The number of sulfone groups is 1. The number of carbonyl (C=O) groups excluding carboxylic acids is 3. The quantitative estimate of drug-likeness (QED) is 0.621. The minimum Gasteiger partial charge on any atom is -0.496 e. The number of nitrogens with one attached hydrogen (secondary N) is 2. The zero-order valence-corrected chi connectivity index (χ0v) is 16.3. The lowest BCUT2D eigenvalue weighted by molar-refractivity contribution is -0.128. The second-order valence-corrected chi connectivity index (χ2v) is 9.17. The predicted molar refractivity (Wildman–Crippen MR) is 100 cm³/mol. The van der Waals surface area contributed by atoms with Crippen LogP contribution in [0.2, 0.25) is 0 Å². The van der Waals surface area contributed by atoms with Gasteiger partial charge < -0.3 is 15.4 Å². The molecule has 3 rings (SSSR count). The van der Waals surface area contributed by atoms with Crippen LogP contribution in [0.1, 0.15) is 24.8 Å². The molecule has 2 aliphatic heterocycles. The molecule has 2 saturated heterocycles. The Morgan fingerprint density at radius 1 is 1.32 bits per heavy atom. The van der Waals surface area contributed by atoms with Crippen LogP contribution in [-0.4, -0.2) is 61.9 Å². The van der Waals surface area contributed by atoms with Gasteiger partial charge in [-0.3, -0.25) is 14.5 Å². The van der Waals surface area contributed by atoms with Gasteiger partial charge in [-0.25, -0.2) is 13.2 Å². The first-order chi connectivity index (χ1) is 13.3. The highest BCUT2D eigenvalue weighted by molar-refractivity contribution is 7.91. The Hall–Kier alpha value is -2.62. The van der Waals surface area contributed by atoms with E-state index in [2.05, 4.69) is 10.6 Å². The standard InChI is InChI=1S/C18H23N3O6S/c1-27-15-5-3-2-4-12(15)10-21-17(23)14(20-18(21)24)6-7-16(22)19-13-8-9-28(25,26)11-13/h2-5,13-14H,6-11H2,1H3,(H,19,22)(H,20,24)/t13-,14-/m1/s1. The molecule has 0 unspecified atom stereocenters. The van der Waals surface area contributed by atoms with Crippen molar-refractivity contribution in [3.63, 3.8) is 0 Å². The normalized spacial score (nSPS) is 23.5. The highest BCUT2D eigenvalue weighted by Gasteiger charge is 2.38. The number of carbonyl (C=O) groups is 3. The lowest BCUT2D eigenvalue weighted by Gasteiger charge is -2.15. The molecule has 10 heteroatoms. The number of amides is 4. The third kappa shape index (κ3) is 4.61. The molecule has 0 aromatic heterocycles. The van der Waals surface area contributed by atoms with Gasteiger partial charge in [0.2, 0.25) is 5.91 Å². The van der Waals surface area contributed by atoms with E-state index in [1.165, 1.54) is 7.11 Å². The van der Waals surface area contributed by atoms with Crippen molar-refractivity contribution in [2.45, 2.75) is 37.9 Å². The van der Waals surface area contributed by atoms with E-state index in [-0.39, 0.29) is 42.8 Å². The van der Waals surface area contributed by atoms with Crippen molar-refractivity contribution in [2.24, 2.45) is 0 Å². The van der Waals surface area contributed by atoms with Crippen LogP contribution < -0.4 is 15.4 Å². The van der Waals surface area contributed by atoms with Crippen molar-refractivity contribution < 1.29 is 27.5 Å². The number of hydrogen-bond acceptors (Lipinski definition) is 6. The molecule has 0 spiro atoms. The smallest absolute Gasteiger partial charge is 0.325 e. The number of para-hydroxylation sites is 1. The molecular formula is C18H23N3O6S. The lowest BCUT2D eigenvalue weighted by atomic mass is 10.1. The zero-order chi connectivity index (χ0) is 20.3. The Labute approximate surface area is 163 Å². The Kier molecular flexibility index (Phi) is 5.87. The summed E-state index contributed by atoms with van der Waals surface area (Å²) in [5, 5.41) is 5.27. The fourth-order valence-corrected chi connectivity index (χ4v) is 5.08. The number of ether oxygens (including phenoxy) is 1. The van der Waals surface area contributed by atoms with Crippen LogP contribution in [0.4, 0.5) is 4.79 Å². The van der Waals surface area contributed by atoms with E-state index >= 15 is 0 Å². The van der Waals surface area contributed by atoms with E-state index in [1.54, 1.807) is 24.3 Å². The van der Waals surface area contributed by atoms with Gasteiger partial charge in [0.25, 0.3) is 5.91 Å². The molecule has 1 aromatic carbocycles. The SMILES string of the molecule is COc1ccccc1CN1C(=O)N[C@H](CCC(=O)N[C@@H]2CCS(=O)(=O)C2)C1=O.